The molecule has 122 valence electrons. The lowest BCUT2D eigenvalue weighted by atomic mass is 9.43. The minimum Gasteiger partial charge on any atom is -0.390 e. The third-order valence-electron chi connectivity index (χ3n) is 8.23. The summed E-state index contributed by atoms with van der Waals surface area (Å²) in [5.41, 5.74) is 0.865. The standard InChI is InChI=1S/C20H36O/c1-17(2)11-7-12-19(5)14(17)10-13-20(6)15(18(3,4)21)8-9-16(19)20/h14-16,21H,7-13H2,1-6H3/t14-,15+,16+,19-,20-/m0/s1. The summed E-state index contributed by atoms with van der Waals surface area (Å²) >= 11 is 0. The zero-order valence-electron chi connectivity index (χ0n) is 15.1. The number of aliphatic hydroxyl groups is 1. The molecule has 5 atom stereocenters. The smallest absolute Gasteiger partial charge is 0.0625 e. The van der Waals surface area contributed by atoms with E-state index < -0.39 is 5.60 Å². The molecule has 3 aliphatic carbocycles. The molecule has 1 nitrogen and oxygen atoms in total. The van der Waals surface area contributed by atoms with Crippen LogP contribution in [0.15, 0.2) is 0 Å². The Labute approximate surface area is 131 Å². The Morgan fingerprint density at radius 3 is 2.10 bits per heavy atom. The summed E-state index contributed by atoms with van der Waals surface area (Å²) in [5.74, 6) is 2.19. The number of rotatable bonds is 1. The number of fused-ring (bicyclic) bond motifs is 3. The van der Waals surface area contributed by atoms with E-state index in [2.05, 4.69) is 27.7 Å². The van der Waals surface area contributed by atoms with Crippen LogP contribution in [0.1, 0.15) is 86.5 Å². The van der Waals surface area contributed by atoms with Gasteiger partial charge in [0.15, 0.2) is 0 Å². The second kappa shape index (κ2) is 4.49. The van der Waals surface area contributed by atoms with Crippen LogP contribution < -0.4 is 0 Å². The molecule has 0 spiro atoms. The second-order valence-corrected chi connectivity index (χ2v) is 10.3. The van der Waals surface area contributed by atoms with E-state index in [9.17, 15) is 5.11 Å². The van der Waals surface area contributed by atoms with Crippen molar-refractivity contribution in [1.29, 1.82) is 0 Å². The van der Waals surface area contributed by atoms with E-state index in [4.69, 9.17) is 0 Å². The van der Waals surface area contributed by atoms with E-state index in [0.29, 0.717) is 22.2 Å². The molecule has 1 heteroatoms. The predicted molar refractivity (Wildman–Crippen MR) is 89.1 cm³/mol. The van der Waals surface area contributed by atoms with E-state index in [0.717, 1.165) is 11.8 Å². The predicted octanol–water partition coefficient (Wildman–Crippen LogP) is 5.42. The fourth-order valence-corrected chi connectivity index (χ4v) is 7.59. The molecule has 0 aromatic rings. The first-order chi connectivity index (χ1) is 9.52. The Morgan fingerprint density at radius 2 is 1.48 bits per heavy atom. The molecule has 0 aliphatic heterocycles. The summed E-state index contributed by atoms with van der Waals surface area (Å²) in [5, 5.41) is 10.7. The van der Waals surface area contributed by atoms with Gasteiger partial charge in [-0.05, 0) is 86.4 Å². The van der Waals surface area contributed by atoms with Gasteiger partial charge in [-0.3, -0.25) is 0 Å². The Kier molecular flexibility index (Phi) is 3.39. The molecule has 0 aromatic heterocycles. The van der Waals surface area contributed by atoms with Crippen LogP contribution in [-0.2, 0) is 0 Å². The van der Waals surface area contributed by atoms with Crippen molar-refractivity contribution in [2.24, 2.45) is 34.0 Å². The van der Waals surface area contributed by atoms with Crippen LogP contribution in [0.4, 0.5) is 0 Å². The third-order valence-corrected chi connectivity index (χ3v) is 8.23. The summed E-state index contributed by atoms with van der Waals surface area (Å²) in [6.45, 7) is 14.2. The molecule has 1 N–H and O–H groups in total. The zero-order chi connectivity index (χ0) is 15.7. The van der Waals surface area contributed by atoms with E-state index in [1.54, 1.807) is 0 Å². The third kappa shape index (κ3) is 2.13. The largest absolute Gasteiger partial charge is 0.390 e. The molecule has 0 saturated heterocycles. The van der Waals surface area contributed by atoms with E-state index in [1.807, 2.05) is 13.8 Å². The normalized spacial score (nSPS) is 49.6. The Balaban J connectivity index is 1.97. The fourth-order valence-electron chi connectivity index (χ4n) is 7.59. The van der Waals surface area contributed by atoms with Crippen LogP contribution in [0, 0.1) is 34.0 Å². The second-order valence-electron chi connectivity index (χ2n) is 10.3. The molecular formula is C20H36O. The summed E-state index contributed by atoms with van der Waals surface area (Å²) in [6.07, 6.45) is 9.51. The highest BCUT2D eigenvalue weighted by molar-refractivity contribution is 5.12. The van der Waals surface area contributed by atoms with E-state index in [-0.39, 0.29) is 0 Å². The van der Waals surface area contributed by atoms with Crippen molar-refractivity contribution < 1.29 is 5.11 Å². The highest BCUT2D eigenvalue weighted by Crippen LogP contribution is 2.70. The first-order valence-corrected chi connectivity index (χ1v) is 9.24. The molecule has 0 aromatic carbocycles. The molecule has 0 heterocycles. The summed E-state index contributed by atoms with van der Waals surface area (Å²) in [6, 6.07) is 0. The van der Waals surface area contributed by atoms with Crippen molar-refractivity contribution in [3.05, 3.63) is 0 Å². The van der Waals surface area contributed by atoms with Gasteiger partial charge in [0.2, 0.25) is 0 Å². The van der Waals surface area contributed by atoms with Gasteiger partial charge in [0, 0.05) is 0 Å². The van der Waals surface area contributed by atoms with Gasteiger partial charge in [0.1, 0.15) is 0 Å². The van der Waals surface area contributed by atoms with Gasteiger partial charge >= 0.3 is 0 Å². The number of hydrogen-bond acceptors (Lipinski definition) is 1. The van der Waals surface area contributed by atoms with Crippen LogP contribution in [0.3, 0.4) is 0 Å². The maximum absolute atomic E-state index is 10.7. The molecule has 3 fully saturated rings. The molecule has 3 saturated carbocycles. The van der Waals surface area contributed by atoms with Crippen molar-refractivity contribution in [3.8, 4) is 0 Å². The molecule has 3 rings (SSSR count). The lowest BCUT2D eigenvalue weighted by molar-refractivity contribution is -0.146. The molecule has 3 aliphatic rings. The van der Waals surface area contributed by atoms with Gasteiger partial charge < -0.3 is 5.11 Å². The van der Waals surface area contributed by atoms with Gasteiger partial charge in [0.25, 0.3) is 0 Å². The van der Waals surface area contributed by atoms with Crippen LogP contribution >= 0.6 is 0 Å². The van der Waals surface area contributed by atoms with Gasteiger partial charge in [-0.25, -0.2) is 0 Å². The van der Waals surface area contributed by atoms with E-state index in [1.165, 1.54) is 44.9 Å². The number of hydrogen-bond donors (Lipinski definition) is 1. The van der Waals surface area contributed by atoms with E-state index >= 15 is 0 Å². The van der Waals surface area contributed by atoms with Crippen molar-refractivity contribution in [3.63, 3.8) is 0 Å². The molecular weight excluding hydrogens is 256 g/mol. The minimum atomic E-state index is -0.517. The molecule has 0 bridgehead atoms. The molecule has 0 unspecified atom stereocenters. The molecule has 0 radical (unpaired) electrons. The van der Waals surface area contributed by atoms with Crippen LogP contribution in [0.25, 0.3) is 0 Å². The molecule has 21 heavy (non-hydrogen) atoms. The average molecular weight is 293 g/mol. The van der Waals surface area contributed by atoms with Crippen LogP contribution in [0.5, 0.6) is 0 Å². The summed E-state index contributed by atoms with van der Waals surface area (Å²) in [7, 11) is 0. The van der Waals surface area contributed by atoms with Crippen LogP contribution in [0.2, 0.25) is 0 Å². The maximum Gasteiger partial charge on any atom is 0.0625 e. The first kappa shape index (κ1) is 15.8. The minimum absolute atomic E-state index is 0.358. The molecule has 0 amide bonds. The quantitative estimate of drug-likeness (QED) is 0.684. The van der Waals surface area contributed by atoms with Crippen molar-refractivity contribution in [1.82, 2.24) is 0 Å². The summed E-state index contributed by atoms with van der Waals surface area (Å²) < 4.78 is 0. The summed E-state index contributed by atoms with van der Waals surface area (Å²) in [4.78, 5) is 0. The SMILES string of the molecule is CC(C)(O)[C@H]1CC[C@H]2[C@@]1(C)CC[C@H]1C(C)(C)CCC[C@]21C. The highest BCUT2D eigenvalue weighted by Gasteiger charge is 2.63. The van der Waals surface area contributed by atoms with Gasteiger partial charge in [-0.2, -0.15) is 0 Å². The zero-order valence-corrected chi connectivity index (χ0v) is 15.1. The van der Waals surface area contributed by atoms with Crippen molar-refractivity contribution >= 4 is 0 Å². The topological polar surface area (TPSA) is 20.2 Å². The lowest BCUT2D eigenvalue weighted by Crippen LogP contribution is -2.56. The van der Waals surface area contributed by atoms with Crippen molar-refractivity contribution in [2.45, 2.75) is 92.1 Å². The Hall–Kier alpha value is -0.0400. The Morgan fingerprint density at radius 1 is 0.810 bits per heavy atom. The highest BCUT2D eigenvalue weighted by atomic mass is 16.3. The maximum atomic E-state index is 10.7. The van der Waals surface area contributed by atoms with Gasteiger partial charge in [0.05, 0.1) is 5.60 Å². The van der Waals surface area contributed by atoms with Crippen molar-refractivity contribution in [2.75, 3.05) is 0 Å². The Bertz CT molecular complexity index is 418. The van der Waals surface area contributed by atoms with Gasteiger partial charge in [-0.15, -0.1) is 0 Å². The lowest BCUT2D eigenvalue weighted by Gasteiger charge is -2.62. The monoisotopic (exact) mass is 292 g/mol. The van der Waals surface area contributed by atoms with Gasteiger partial charge in [-0.1, -0.05) is 34.1 Å². The fraction of sp³-hybridized carbons (Fsp3) is 1.00. The first-order valence-electron chi connectivity index (χ1n) is 9.24. The average Bonchev–Trinajstić information content (AvgIpc) is 2.66. The van der Waals surface area contributed by atoms with Crippen LogP contribution in [-0.4, -0.2) is 10.7 Å².